The van der Waals surface area contributed by atoms with Crippen LogP contribution < -0.4 is 5.32 Å². The highest BCUT2D eigenvalue weighted by molar-refractivity contribution is 7.92. The molecule has 0 bridgehead atoms. The zero-order valence-electron chi connectivity index (χ0n) is 13.5. The molecule has 0 aromatic rings. The average molecular weight is 318 g/mol. The van der Waals surface area contributed by atoms with Crippen molar-refractivity contribution in [3.8, 4) is 0 Å². The van der Waals surface area contributed by atoms with Crippen LogP contribution in [0.2, 0.25) is 0 Å². The molecule has 0 aromatic heterocycles. The highest BCUT2D eigenvalue weighted by atomic mass is 32.2. The van der Waals surface area contributed by atoms with E-state index in [9.17, 15) is 18.0 Å². The maximum absolute atomic E-state index is 12.2. The molecule has 0 aliphatic carbocycles. The lowest BCUT2D eigenvalue weighted by atomic mass is 10.0. The van der Waals surface area contributed by atoms with Crippen molar-refractivity contribution in [3.63, 3.8) is 0 Å². The first-order valence-corrected chi connectivity index (χ1v) is 8.99. The summed E-state index contributed by atoms with van der Waals surface area (Å²) in [7, 11) is -3.32. The van der Waals surface area contributed by atoms with Gasteiger partial charge in [0.05, 0.1) is 10.5 Å². The van der Waals surface area contributed by atoms with Gasteiger partial charge in [0.15, 0.2) is 9.84 Å². The minimum atomic E-state index is -3.32. The van der Waals surface area contributed by atoms with Crippen molar-refractivity contribution in [2.24, 2.45) is 0 Å². The summed E-state index contributed by atoms with van der Waals surface area (Å²) in [6, 6.07) is -1.16. The van der Waals surface area contributed by atoms with Crippen molar-refractivity contribution in [2.45, 2.75) is 64.3 Å². The minimum absolute atomic E-state index is 0.0703. The van der Waals surface area contributed by atoms with Gasteiger partial charge in [0.1, 0.15) is 12.1 Å². The highest BCUT2D eigenvalue weighted by Crippen LogP contribution is 2.19. The Morgan fingerprint density at radius 1 is 1.24 bits per heavy atom. The van der Waals surface area contributed by atoms with Gasteiger partial charge in [-0.2, -0.15) is 0 Å². The lowest BCUT2D eigenvalue weighted by Crippen LogP contribution is -2.63. The number of rotatable bonds is 5. The van der Waals surface area contributed by atoms with Crippen LogP contribution in [0.1, 0.15) is 47.5 Å². The van der Waals surface area contributed by atoms with Gasteiger partial charge in [-0.1, -0.05) is 13.3 Å². The van der Waals surface area contributed by atoms with Crippen molar-refractivity contribution >= 4 is 21.7 Å². The molecule has 0 saturated carbocycles. The van der Waals surface area contributed by atoms with Gasteiger partial charge < -0.3 is 10.2 Å². The second kappa shape index (κ2) is 6.34. The van der Waals surface area contributed by atoms with Crippen molar-refractivity contribution in [1.29, 1.82) is 0 Å². The van der Waals surface area contributed by atoms with Gasteiger partial charge in [0.2, 0.25) is 11.8 Å². The molecule has 1 aliphatic rings. The molecule has 2 unspecified atom stereocenters. The number of nitrogens with zero attached hydrogens (tertiary/aromatic N) is 1. The fraction of sp³-hybridized carbons (Fsp3) is 0.857. The molecule has 1 fully saturated rings. The second-order valence-electron chi connectivity index (χ2n) is 6.50. The van der Waals surface area contributed by atoms with Crippen LogP contribution in [0.3, 0.4) is 0 Å². The summed E-state index contributed by atoms with van der Waals surface area (Å²) in [6.07, 6.45) is 1.29. The fourth-order valence-electron chi connectivity index (χ4n) is 2.27. The second-order valence-corrected chi connectivity index (χ2v) is 9.36. The molecule has 21 heavy (non-hydrogen) atoms. The van der Waals surface area contributed by atoms with Gasteiger partial charge in [-0.15, -0.1) is 0 Å². The summed E-state index contributed by atoms with van der Waals surface area (Å²) in [5, 5.41) is 2.64. The Morgan fingerprint density at radius 2 is 1.81 bits per heavy atom. The molecule has 0 spiro atoms. The first kappa shape index (κ1) is 17.9. The van der Waals surface area contributed by atoms with E-state index in [0.29, 0.717) is 6.42 Å². The largest absolute Gasteiger partial charge is 0.343 e. The topological polar surface area (TPSA) is 83.6 Å². The summed E-state index contributed by atoms with van der Waals surface area (Å²) in [6.45, 7) is 8.53. The third-order valence-electron chi connectivity index (χ3n) is 3.79. The molecule has 0 radical (unpaired) electrons. The molecule has 0 aromatic carbocycles. The van der Waals surface area contributed by atoms with E-state index in [1.165, 1.54) is 4.90 Å². The first-order valence-electron chi connectivity index (χ1n) is 7.34. The molecule has 1 heterocycles. The van der Waals surface area contributed by atoms with Gasteiger partial charge in [-0.05, 0) is 34.1 Å². The van der Waals surface area contributed by atoms with Crippen LogP contribution in [-0.2, 0) is 19.4 Å². The maximum atomic E-state index is 12.2. The molecule has 6 nitrogen and oxygen atoms in total. The van der Waals surface area contributed by atoms with Crippen molar-refractivity contribution in [1.82, 2.24) is 10.2 Å². The van der Waals surface area contributed by atoms with Gasteiger partial charge in [-0.3, -0.25) is 9.59 Å². The van der Waals surface area contributed by atoms with E-state index >= 15 is 0 Å². The van der Waals surface area contributed by atoms with Crippen LogP contribution in [0.5, 0.6) is 0 Å². The molecule has 1 aliphatic heterocycles. The Morgan fingerprint density at radius 3 is 2.29 bits per heavy atom. The third-order valence-corrected chi connectivity index (χ3v) is 6.37. The van der Waals surface area contributed by atoms with Crippen molar-refractivity contribution in [3.05, 3.63) is 0 Å². The zero-order valence-corrected chi connectivity index (χ0v) is 14.3. The summed E-state index contributed by atoms with van der Waals surface area (Å²) < 4.78 is 23.5. The lowest BCUT2D eigenvalue weighted by Gasteiger charge is -2.38. The van der Waals surface area contributed by atoms with Crippen LogP contribution in [0.4, 0.5) is 0 Å². The minimum Gasteiger partial charge on any atom is -0.343 e. The smallest absolute Gasteiger partial charge is 0.245 e. The van der Waals surface area contributed by atoms with E-state index in [0.717, 1.165) is 6.42 Å². The number of amides is 2. The SMILES string of the molecule is CCCC1C(=O)NC(C)C(=O)N1CCS(=O)(=O)C(C)(C)C. The number of sulfone groups is 1. The quantitative estimate of drug-likeness (QED) is 0.809. The number of hydrogen-bond acceptors (Lipinski definition) is 4. The Kier molecular flexibility index (Phi) is 5.41. The molecule has 122 valence electrons. The number of piperazine rings is 1. The Balaban J connectivity index is 2.90. The Hall–Kier alpha value is -1.11. The number of nitrogens with one attached hydrogen (secondary N) is 1. The molecule has 1 rings (SSSR count). The lowest BCUT2D eigenvalue weighted by molar-refractivity contribution is -0.148. The van der Waals surface area contributed by atoms with Gasteiger partial charge in [0.25, 0.3) is 0 Å². The predicted molar refractivity (Wildman–Crippen MR) is 81.6 cm³/mol. The van der Waals surface area contributed by atoms with Crippen LogP contribution >= 0.6 is 0 Å². The number of carbonyl (C=O) groups excluding carboxylic acids is 2. The third kappa shape index (κ3) is 3.96. The van der Waals surface area contributed by atoms with E-state index in [1.54, 1.807) is 27.7 Å². The standard InChI is InChI=1S/C14H26N2O4S/c1-6-7-11-12(17)15-10(2)13(18)16(11)8-9-21(19,20)14(3,4)5/h10-11H,6-9H2,1-5H3,(H,15,17). The fourth-order valence-corrected chi connectivity index (χ4v) is 3.32. The molecule has 1 N–H and O–H groups in total. The summed E-state index contributed by atoms with van der Waals surface area (Å²) in [4.78, 5) is 25.7. The summed E-state index contributed by atoms with van der Waals surface area (Å²) in [5.74, 6) is -0.531. The van der Waals surface area contributed by atoms with E-state index in [4.69, 9.17) is 0 Å². The molecule has 1 saturated heterocycles. The van der Waals surface area contributed by atoms with Crippen molar-refractivity contribution < 1.29 is 18.0 Å². The molecule has 2 atom stereocenters. The van der Waals surface area contributed by atoms with Crippen LogP contribution in [0.15, 0.2) is 0 Å². The van der Waals surface area contributed by atoms with Crippen molar-refractivity contribution in [2.75, 3.05) is 12.3 Å². The van der Waals surface area contributed by atoms with Gasteiger partial charge in [0, 0.05) is 6.54 Å². The maximum Gasteiger partial charge on any atom is 0.245 e. The van der Waals surface area contributed by atoms with Gasteiger partial charge >= 0.3 is 0 Å². The average Bonchev–Trinajstić information content (AvgIpc) is 2.34. The van der Waals surface area contributed by atoms with E-state index in [1.807, 2.05) is 6.92 Å². The van der Waals surface area contributed by atoms with E-state index in [-0.39, 0.29) is 24.1 Å². The molecular formula is C14H26N2O4S. The molecule has 7 heteroatoms. The summed E-state index contributed by atoms with van der Waals surface area (Å²) in [5.41, 5.74) is 0. The predicted octanol–water partition coefficient (Wildman–Crippen LogP) is 0.715. The van der Waals surface area contributed by atoms with E-state index < -0.39 is 26.7 Å². The van der Waals surface area contributed by atoms with Crippen LogP contribution in [-0.4, -0.2) is 54.3 Å². The monoisotopic (exact) mass is 318 g/mol. The summed E-state index contributed by atoms with van der Waals surface area (Å²) >= 11 is 0. The molecule has 2 amide bonds. The normalized spacial score (nSPS) is 24.1. The molecular weight excluding hydrogens is 292 g/mol. The van der Waals surface area contributed by atoms with Crippen LogP contribution in [0.25, 0.3) is 0 Å². The highest BCUT2D eigenvalue weighted by Gasteiger charge is 2.39. The zero-order chi connectivity index (χ0) is 16.4. The van der Waals surface area contributed by atoms with Gasteiger partial charge in [-0.25, -0.2) is 8.42 Å². The Labute approximate surface area is 127 Å². The van der Waals surface area contributed by atoms with E-state index in [2.05, 4.69) is 5.32 Å². The van der Waals surface area contributed by atoms with Crippen LogP contribution in [0, 0.1) is 0 Å². The first-order chi connectivity index (χ1) is 9.51. The number of hydrogen-bond donors (Lipinski definition) is 1. The number of carbonyl (C=O) groups is 2. The Bertz CT molecular complexity index is 508.